The largest absolute Gasteiger partial charge is 0.309 e. The van der Waals surface area contributed by atoms with Gasteiger partial charge in [-0.15, -0.1) is 22.7 Å². The number of hydrogen-bond acceptors (Lipinski definition) is 4. The molecule has 0 bridgehead atoms. The highest BCUT2D eigenvalue weighted by Gasteiger charge is 2.20. The van der Waals surface area contributed by atoms with Crippen molar-refractivity contribution >= 4 is 38.6 Å². The standard InChI is InChI=1S/C15H21BrN2S2/c1-5-17-10(11-6-7-13(16)20-11)8-14-18-12(9-19-14)15(2,3)4/h6-7,9-10,17H,5,8H2,1-4H3. The highest BCUT2D eigenvalue weighted by molar-refractivity contribution is 9.11. The van der Waals surface area contributed by atoms with Crippen molar-refractivity contribution in [1.29, 1.82) is 0 Å². The van der Waals surface area contributed by atoms with Gasteiger partial charge in [0, 0.05) is 28.1 Å². The molecule has 2 heterocycles. The molecule has 1 unspecified atom stereocenters. The number of halogens is 1. The third kappa shape index (κ3) is 4.13. The van der Waals surface area contributed by atoms with E-state index in [4.69, 9.17) is 4.98 Å². The average molecular weight is 373 g/mol. The summed E-state index contributed by atoms with van der Waals surface area (Å²) in [5.41, 5.74) is 1.33. The number of rotatable bonds is 5. The minimum absolute atomic E-state index is 0.133. The van der Waals surface area contributed by atoms with Crippen molar-refractivity contribution < 1.29 is 0 Å². The first kappa shape index (κ1) is 16.1. The molecule has 0 saturated carbocycles. The van der Waals surface area contributed by atoms with E-state index in [1.165, 1.54) is 19.4 Å². The second kappa shape index (κ2) is 6.69. The molecule has 0 aliphatic rings. The highest BCUT2D eigenvalue weighted by Crippen LogP contribution is 2.31. The lowest BCUT2D eigenvalue weighted by Gasteiger charge is -2.16. The van der Waals surface area contributed by atoms with E-state index in [1.54, 1.807) is 22.7 Å². The number of thiophene rings is 1. The van der Waals surface area contributed by atoms with Crippen molar-refractivity contribution in [2.24, 2.45) is 0 Å². The van der Waals surface area contributed by atoms with Gasteiger partial charge >= 0.3 is 0 Å². The first-order valence-corrected chi connectivity index (χ1v) is 9.32. The Kier molecular flexibility index (Phi) is 5.40. The van der Waals surface area contributed by atoms with E-state index in [2.05, 4.69) is 66.5 Å². The second-order valence-corrected chi connectivity index (χ2v) is 9.27. The maximum Gasteiger partial charge on any atom is 0.0947 e. The molecule has 0 fully saturated rings. The molecule has 1 atom stereocenters. The summed E-state index contributed by atoms with van der Waals surface area (Å²) in [5.74, 6) is 0. The molecule has 0 aliphatic heterocycles. The van der Waals surface area contributed by atoms with Crippen LogP contribution in [0.15, 0.2) is 21.3 Å². The Morgan fingerprint density at radius 3 is 2.60 bits per heavy atom. The SMILES string of the molecule is CCNC(Cc1nc(C(C)(C)C)cs1)c1ccc(Br)s1. The average Bonchev–Trinajstić information content (AvgIpc) is 2.96. The minimum atomic E-state index is 0.133. The number of nitrogens with zero attached hydrogens (tertiary/aromatic N) is 1. The van der Waals surface area contributed by atoms with Gasteiger partial charge in [0.15, 0.2) is 0 Å². The molecule has 110 valence electrons. The van der Waals surface area contributed by atoms with Crippen LogP contribution in [0.1, 0.15) is 49.3 Å². The van der Waals surface area contributed by atoms with Crippen LogP contribution in [0.2, 0.25) is 0 Å². The van der Waals surface area contributed by atoms with E-state index >= 15 is 0 Å². The summed E-state index contributed by atoms with van der Waals surface area (Å²) >= 11 is 7.12. The first-order chi connectivity index (χ1) is 9.40. The molecule has 2 rings (SSSR count). The van der Waals surface area contributed by atoms with Crippen LogP contribution in [0, 0.1) is 0 Å². The molecule has 0 aromatic carbocycles. The first-order valence-electron chi connectivity index (χ1n) is 6.83. The van der Waals surface area contributed by atoms with Crippen LogP contribution in [0.3, 0.4) is 0 Å². The van der Waals surface area contributed by atoms with Crippen LogP contribution in [0.25, 0.3) is 0 Å². The summed E-state index contributed by atoms with van der Waals surface area (Å²) in [6.45, 7) is 9.76. The van der Waals surface area contributed by atoms with Gasteiger partial charge in [-0.05, 0) is 34.6 Å². The fraction of sp³-hybridized carbons (Fsp3) is 0.533. The molecule has 2 aromatic rings. The molecule has 0 saturated heterocycles. The molecule has 2 aromatic heterocycles. The molecule has 20 heavy (non-hydrogen) atoms. The van der Waals surface area contributed by atoms with Crippen molar-refractivity contribution in [3.05, 3.63) is 36.9 Å². The van der Waals surface area contributed by atoms with Crippen molar-refractivity contribution in [3.8, 4) is 0 Å². The van der Waals surface area contributed by atoms with Crippen molar-refractivity contribution in [3.63, 3.8) is 0 Å². The Labute approximate surface area is 137 Å². The monoisotopic (exact) mass is 372 g/mol. The Bertz CT molecular complexity index is 554. The van der Waals surface area contributed by atoms with Crippen LogP contribution in [0.4, 0.5) is 0 Å². The normalized spacial score (nSPS) is 13.7. The predicted octanol–water partition coefficient (Wildman–Crippen LogP) is 5.16. The summed E-state index contributed by atoms with van der Waals surface area (Å²) in [5, 5.41) is 6.98. The van der Waals surface area contributed by atoms with Gasteiger partial charge in [-0.2, -0.15) is 0 Å². The van der Waals surface area contributed by atoms with Gasteiger partial charge < -0.3 is 5.32 Å². The molecular weight excluding hydrogens is 352 g/mol. The van der Waals surface area contributed by atoms with E-state index in [0.717, 1.165) is 13.0 Å². The summed E-state index contributed by atoms with van der Waals surface area (Å²) in [6, 6.07) is 4.67. The molecule has 0 aliphatic carbocycles. The van der Waals surface area contributed by atoms with Crippen molar-refractivity contribution in [2.45, 2.75) is 45.6 Å². The highest BCUT2D eigenvalue weighted by atomic mass is 79.9. The van der Waals surface area contributed by atoms with E-state index in [-0.39, 0.29) is 5.41 Å². The van der Waals surface area contributed by atoms with Crippen molar-refractivity contribution in [2.75, 3.05) is 6.54 Å². The summed E-state index contributed by atoms with van der Waals surface area (Å²) in [4.78, 5) is 6.17. The molecule has 1 N–H and O–H groups in total. The number of likely N-dealkylation sites (N-methyl/N-ethyl adjacent to an activating group) is 1. The lowest BCUT2D eigenvalue weighted by Crippen LogP contribution is -2.22. The topological polar surface area (TPSA) is 24.9 Å². The number of aromatic nitrogens is 1. The van der Waals surface area contributed by atoms with Gasteiger partial charge in [0.1, 0.15) is 0 Å². The van der Waals surface area contributed by atoms with Crippen LogP contribution in [-0.4, -0.2) is 11.5 Å². The van der Waals surface area contributed by atoms with Gasteiger partial charge in [-0.25, -0.2) is 4.98 Å². The zero-order valence-corrected chi connectivity index (χ0v) is 15.6. The molecule has 5 heteroatoms. The molecular formula is C15H21BrN2S2. The van der Waals surface area contributed by atoms with Gasteiger partial charge in [-0.1, -0.05) is 27.7 Å². The fourth-order valence-electron chi connectivity index (χ4n) is 1.96. The predicted molar refractivity (Wildman–Crippen MR) is 93.0 cm³/mol. The summed E-state index contributed by atoms with van der Waals surface area (Å²) < 4.78 is 1.19. The second-order valence-electron chi connectivity index (χ2n) is 5.83. The number of hydrogen-bond donors (Lipinski definition) is 1. The van der Waals surface area contributed by atoms with Crippen LogP contribution in [0.5, 0.6) is 0 Å². The lowest BCUT2D eigenvalue weighted by atomic mass is 9.93. The molecule has 0 spiro atoms. The van der Waals surface area contributed by atoms with E-state index in [0.29, 0.717) is 6.04 Å². The van der Waals surface area contributed by atoms with E-state index in [1.807, 2.05) is 0 Å². The summed E-state index contributed by atoms with van der Waals surface area (Å²) in [7, 11) is 0. The van der Waals surface area contributed by atoms with Crippen molar-refractivity contribution in [1.82, 2.24) is 10.3 Å². The quantitative estimate of drug-likeness (QED) is 0.783. The number of nitrogens with one attached hydrogen (secondary N) is 1. The van der Waals surface area contributed by atoms with Crippen LogP contribution in [-0.2, 0) is 11.8 Å². The third-order valence-corrected chi connectivity index (χ3v) is 5.70. The maximum absolute atomic E-state index is 4.81. The fourth-order valence-corrected chi connectivity index (χ4v) is 4.53. The molecule has 0 radical (unpaired) electrons. The van der Waals surface area contributed by atoms with Gasteiger partial charge in [0.25, 0.3) is 0 Å². The summed E-state index contributed by atoms with van der Waals surface area (Å²) in [6.07, 6.45) is 0.960. The zero-order chi connectivity index (χ0) is 14.8. The van der Waals surface area contributed by atoms with Crippen LogP contribution < -0.4 is 5.32 Å². The smallest absolute Gasteiger partial charge is 0.0947 e. The Hall–Kier alpha value is -0.230. The Morgan fingerprint density at radius 2 is 2.10 bits per heavy atom. The van der Waals surface area contributed by atoms with E-state index in [9.17, 15) is 0 Å². The number of thiazole rings is 1. The van der Waals surface area contributed by atoms with Gasteiger partial charge in [0.2, 0.25) is 0 Å². The Morgan fingerprint density at radius 1 is 1.35 bits per heavy atom. The van der Waals surface area contributed by atoms with Crippen LogP contribution >= 0.6 is 38.6 Å². The minimum Gasteiger partial charge on any atom is -0.309 e. The van der Waals surface area contributed by atoms with E-state index < -0.39 is 0 Å². The maximum atomic E-state index is 4.81. The molecule has 0 amide bonds. The van der Waals surface area contributed by atoms with Gasteiger partial charge in [0.05, 0.1) is 14.5 Å². The van der Waals surface area contributed by atoms with Gasteiger partial charge in [-0.3, -0.25) is 0 Å². The third-order valence-electron chi connectivity index (χ3n) is 3.09. The zero-order valence-electron chi connectivity index (χ0n) is 12.4. The Balaban J connectivity index is 2.14. The lowest BCUT2D eigenvalue weighted by molar-refractivity contribution is 0.545. The molecule has 2 nitrogen and oxygen atoms in total.